The highest BCUT2D eigenvalue weighted by atomic mass is 35.5. The lowest BCUT2D eigenvalue weighted by molar-refractivity contribution is 0.489. The molecule has 2 aromatic carbocycles. The van der Waals surface area contributed by atoms with E-state index in [1.165, 1.54) is 0 Å². The van der Waals surface area contributed by atoms with Gasteiger partial charge in [-0.1, -0.05) is 41.6 Å². The van der Waals surface area contributed by atoms with Crippen LogP contribution in [-0.4, -0.2) is 19.7 Å². The molecule has 27 heavy (non-hydrogen) atoms. The van der Waals surface area contributed by atoms with Crippen LogP contribution in [0, 0.1) is 13.8 Å². The average molecular weight is 397 g/mol. The van der Waals surface area contributed by atoms with Crippen LogP contribution in [0.25, 0.3) is 17.1 Å². The second-order valence-corrected chi connectivity index (χ2v) is 7.40. The van der Waals surface area contributed by atoms with E-state index in [1.807, 2.05) is 73.0 Å². The largest absolute Gasteiger partial charge is 0.445 e. The number of aromatic nitrogens is 4. The number of thioether (sulfide) groups is 1. The predicted molar refractivity (Wildman–Crippen MR) is 107 cm³/mol. The van der Waals surface area contributed by atoms with Crippen molar-refractivity contribution in [2.45, 2.75) is 24.8 Å². The topological polar surface area (TPSA) is 56.7 Å². The highest BCUT2D eigenvalue weighted by molar-refractivity contribution is 7.98. The van der Waals surface area contributed by atoms with E-state index in [2.05, 4.69) is 15.2 Å². The monoisotopic (exact) mass is 396 g/mol. The Balaban J connectivity index is 1.72. The number of halogens is 1. The molecule has 2 aromatic heterocycles. The fourth-order valence-electron chi connectivity index (χ4n) is 2.69. The summed E-state index contributed by atoms with van der Waals surface area (Å²) in [5.74, 6) is 2.88. The number of nitrogens with zero attached hydrogens (tertiary/aromatic N) is 4. The van der Waals surface area contributed by atoms with Gasteiger partial charge in [-0.3, -0.25) is 4.57 Å². The summed E-state index contributed by atoms with van der Waals surface area (Å²) >= 11 is 7.57. The fourth-order valence-corrected chi connectivity index (χ4v) is 3.61. The van der Waals surface area contributed by atoms with Crippen molar-refractivity contribution in [3.8, 4) is 17.1 Å². The third-order valence-electron chi connectivity index (χ3n) is 4.15. The van der Waals surface area contributed by atoms with Gasteiger partial charge in [-0.25, -0.2) is 4.98 Å². The quantitative estimate of drug-likeness (QED) is 0.418. The highest BCUT2D eigenvalue weighted by Gasteiger charge is 2.17. The Hall–Kier alpha value is -2.57. The maximum absolute atomic E-state index is 6.03. The van der Waals surface area contributed by atoms with Crippen LogP contribution in [0.1, 0.15) is 17.3 Å². The number of benzene rings is 2. The van der Waals surface area contributed by atoms with Crippen LogP contribution in [0.4, 0.5) is 0 Å². The van der Waals surface area contributed by atoms with Gasteiger partial charge in [0.2, 0.25) is 5.89 Å². The SMILES string of the molecule is Cc1nc(CSc2nnc(-c3ccc(Cl)cc3)n2-c2ccccc2)oc1C. The molecule has 0 radical (unpaired) electrons. The third kappa shape index (κ3) is 3.77. The number of hydrogen-bond acceptors (Lipinski definition) is 5. The lowest BCUT2D eigenvalue weighted by Gasteiger charge is -2.10. The number of aryl methyl sites for hydroxylation is 2. The van der Waals surface area contributed by atoms with Crippen molar-refractivity contribution in [3.05, 3.63) is 77.0 Å². The summed E-state index contributed by atoms with van der Waals surface area (Å²) in [5, 5.41) is 10.3. The second kappa shape index (κ2) is 7.58. The van der Waals surface area contributed by atoms with Gasteiger partial charge in [0.1, 0.15) is 5.76 Å². The minimum atomic E-state index is 0.584. The minimum Gasteiger partial charge on any atom is -0.445 e. The molecule has 0 atom stereocenters. The number of rotatable bonds is 5. The van der Waals surface area contributed by atoms with Gasteiger partial charge in [0.05, 0.1) is 11.4 Å². The molecule has 0 aliphatic heterocycles. The van der Waals surface area contributed by atoms with Crippen LogP contribution in [0.2, 0.25) is 5.02 Å². The van der Waals surface area contributed by atoms with Crippen molar-refractivity contribution in [2.24, 2.45) is 0 Å². The number of para-hydroxylation sites is 1. The van der Waals surface area contributed by atoms with Crippen molar-refractivity contribution in [2.75, 3.05) is 0 Å². The van der Waals surface area contributed by atoms with Gasteiger partial charge in [-0.05, 0) is 50.2 Å². The molecule has 2 heterocycles. The Kier molecular flexibility index (Phi) is 5.01. The summed E-state index contributed by atoms with van der Waals surface area (Å²) in [7, 11) is 0. The fraction of sp³-hybridized carbons (Fsp3) is 0.150. The Morgan fingerprint density at radius 2 is 1.74 bits per heavy atom. The smallest absolute Gasteiger partial charge is 0.205 e. The zero-order chi connectivity index (χ0) is 18.8. The van der Waals surface area contributed by atoms with Crippen LogP contribution in [-0.2, 0) is 5.75 Å². The van der Waals surface area contributed by atoms with E-state index in [9.17, 15) is 0 Å². The molecule has 136 valence electrons. The molecule has 7 heteroatoms. The first-order valence-corrected chi connectivity index (χ1v) is 9.80. The normalized spacial score (nSPS) is 11.1. The van der Waals surface area contributed by atoms with Gasteiger partial charge in [0.15, 0.2) is 11.0 Å². The Morgan fingerprint density at radius 1 is 1.00 bits per heavy atom. The molecular weight excluding hydrogens is 380 g/mol. The lowest BCUT2D eigenvalue weighted by atomic mass is 10.2. The van der Waals surface area contributed by atoms with Gasteiger partial charge < -0.3 is 4.42 Å². The third-order valence-corrected chi connectivity index (χ3v) is 5.31. The molecule has 0 bridgehead atoms. The van der Waals surface area contributed by atoms with E-state index >= 15 is 0 Å². The maximum Gasteiger partial charge on any atom is 0.205 e. The highest BCUT2D eigenvalue weighted by Crippen LogP contribution is 2.30. The molecule has 0 aliphatic rings. The van der Waals surface area contributed by atoms with Crippen LogP contribution >= 0.6 is 23.4 Å². The van der Waals surface area contributed by atoms with Crippen molar-refractivity contribution in [3.63, 3.8) is 0 Å². The van der Waals surface area contributed by atoms with Crippen molar-refractivity contribution in [1.82, 2.24) is 19.7 Å². The Bertz CT molecular complexity index is 1040. The molecule has 4 rings (SSSR count). The first-order chi connectivity index (χ1) is 13.1. The van der Waals surface area contributed by atoms with Gasteiger partial charge in [0.25, 0.3) is 0 Å². The molecular formula is C20H17ClN4OS. The summed E-state index contributed by atoms with van der Waals surface area (Å²) in [6, 6.07) is 17.6. The summed E-state index contributed by atoms with van der Waals surface area (Å²) in [5.41, 5.74) is 2.86. The van der Waals surface area contributed by atoms with Crippen LogP contribution < -0.4 is 0 Å². The van der Waals surface area contributed by atoms with E-state index in [0.29, 0.717) is 16.7 Å². The van der Waals surface area contributed by atoms with Crippen LogP contribution in [0.15, 0.2) is 64.2 Å². The van der Waals surface area contributed by atoms with E-state index in [1.54, 1.807) is 11.8 Å². The van der Waals surface area contributed by atoms with Gasteiger partial charge in [0, 0.05) is 16.3 Å². The first-order valence-electron chi connectivity index (χ1n) is 8.44. The molecule has 0 unspecified atom stereocenters. The molecule has 0 saturated heterocycles. The zero-order valence-corrected chi connectivity index (χ0v) is 16.5. The van der Waals surface area contributed by atoms with Crippen molar-refractivity contribution < 1.29 is 4.42 Å². The van der Waals surface area contributed by atoms with E-state index in [0.717, 1.165) is 33.7 Å². The minimum absolute atomic E-state index is 0.584. The summed E-state index contributed by atoms with van der Waals surface area (Å²) in [6.45, 7) is 3.86. The first kappa shape index (κ1) is 17.8. The predicted octanol–water partition coefficient (Wildman–Crippen LogP) is 5.48. The second-order valence-electron chi connectivity index (χ2n) is 6.02. The van der Waals surface area contributed by atoms with Crippen LogP contribution in [0.3, 0.4) is 0 Å². The van der Waals surface area contributed by atoms with Crippen molar-refractivity contribution >= 4 is 23.4 Å². The lowest BCUT2D eigenvalue weighted by Crippen LogP contribution is -1.99. The Morgan fingerprint density at radius 3 is 2.41 bits per heavy atom. The van der Waals surface area contributed by atoms with Crippen LogP contribution in [0.5, 0.6) is 0 Å². The molecule has 0 amide bonds. The Labute approximate surface area is 166 Å². The molecule has 0 saturated carbocycles. The molecule has 0 aliphatic carbocycles. The van der Waals surface area contributed by atoms with Gasteiger partial charge in [-0.2, -0.15) is 0 Å². The van der Waals surface area contributed by atoms with E-state index < -0.39 is 0 Å². The van der Waals surface area contributed by atoms with Gasteiger partial charge in [-0.15, -0.1) is 10.2 Å². The molecule has 0 spiro atoms. The van der Waals surface area contributed by atoms with Gasteiger partial charge >= 0.3 is 0 Å². The summed E-state index contributed by atoms with van der Waals surface area (Å²) in [4.78, 5) is 4.44. The average Bonchev–Trinajstić information content (AvgIpc) is 3.24. The van der Waals surface area contributed by atoms with Crippen molar-refractivity contribution in [1.29, 1.82) is 0 Å². The molecule has 5 nitrogen and oxygen atoms in total. The van der Waals surface area contributed by atoms with E-state index in [-0.39, 0.29) is 0 Å². The molecule has 4 aromatic rings. The molecule has 0 N–H and O–H groups in total. The number of hydrogen-bond donors (Lipinski definition) is 0. The standard InChI is InChI=1S/C20H17ClN4OS/c1-13-14(2)26-18(22-13)12-27-20-24-23-19(15-8-10-16(21)11-9-15)25(20)17-6-4-3-5-7-17/h3-11H,12H2,1-2H3. The zero-order valence-electron chi connectivity index (χ0n) is 14.9. The van der Waals surface area contributed by atoms with E-state index in [4.69, 9.17) is 16.0 Å². The summed E-state index contributed by atoms with van der Waals surface area (Å²) in [6.07, 6.45) is 0. The number of oxazole rings is 1. The molecule has 0 fully saturated rings. The maximum atomic E-state index is 6.03. The summed E-state index contributed by atoms with van der Waals surface area (Å²) < 4.78 is 7.72.